The summed E-state index contributed by atoms with van der Waals surface area (Å²) in [6.07, 6.45) is 0. The molecule has 172 valence electrons. The molecule has 0 bridgehead atoms. The zero-order valence-electron chi connectivity index (χ0n) is 19.4. The van der Waals surface area contributed by atoms with Gasteiger partial charge in [-0.15, -0.1) is 0 Å². The third-order valence-electron chi connectivity index (χ3n) is 5.33. The average Bonchev–Trinajstić information content (AvgIpc) is 2.96. The van der Waals surface area contributed by atoms with Crippen molar-refractivity contribution in [2.24, 2.45) is 0 Å². The minimum atomic E-state index is -0.555. The topological polar surface area (TPSA) is 71.1 Å². The van der Waals surface area contributed by atoms with Crippen molar-refractivity contribution in [3.05, 3.63) is 64.1 Å². The molecule has 6 nitrogen and oxygen atoms in total. The van der Waals surface area contributed by atoms with Crippen molar-refractivity contribution < 1.29 is 28.4 Å². The molecule has 0 N–H and O–H groups in total. The second kappa shape index (κ2) is 11.1. The fourth-order valence-electron chi connectivity index (χ4n) is 2.90. The lowest BCUT2D eigenvalue weighted by atomic mass is 9.76. The number of rotatable bonds is 5. The second-order valence-corrected chi connectivity index (χ2v) is 8.95. The molecule has 0 radical (unpaired) electrons. The number of benzene rings is 2. The Morgan fingerprint density at radius 2 is 1.25 bits per heavy atom. The summed E-state index contributed by atoms with van der Waals surface area (Å²) in [5.74, 6) is -0.636. The quantitative estimate of drug-likeness (QED) is 0.430. The summed E-state index contributed by atoms with van der Waals surface area (Å²) < 4.78 is 22.7. The number of ether oxygens (including phenoxy) is 2. The highest BCUT2D eigenvalue weighted by Gasteiger charge is 2.52. The molecule has 1 saturated heterocycles. The Balaban J connectivity index is 0.000000258. The molecule has 0 spiro atoms. The number of hydrogen-bond donors (Lipinski definition) is 0. The standard InChI is InChI=1S/C15H21BO4.C9H9BrO2/c1-6-18-13(17)11-9-7-8-10-12(11)16-19-14(2,3)15(4,5)20-16;1-2-12-9(11)7-5-3-4-6-8(7)10/h7-10H,6H2,1-5H3;3-6H,2H2,1H3. The first-order valence-corrected chi connectivity index (χ1v) is 11.4. The van der Waals surface area contributed by atoms with Crippen LogP contribution in [0.1, 0.15) is 62.3 Å². The van der Waals surface area contributed by atoms with Crippen LogP contribution >= 0.6 is 15.9 Å². The van der Waals surface area contributed by atoms with Crippen molar-refractivity contribution in [2.75, 3.05) is 13.2 Å². The fraction of sp³-hybridized carbons (Fsp3) is 0.417. The summed E-state index contributed by atoms with van der Waals surface area (Å²) in [5, 5.41) is 0. The van der Waals surface area contributed by atoms with Crippen LogP contribution in [0.25, 0.3) is 0 Å². The third-order valence-corrected chi connectivity index (χ3v) is 6.02. The van der Waals surface area contributed by atoms with Crippen molar-refractivity contribution in [3.8, 4) is 0 Å². The van der Waals surface area contributed by atoms with Crippen LogP contribution in [0.3, 0.4) is 0 Å². The maximum absolute atomic E-state index is 12.0. The fourth-order valence-corrected chi connectivity index (χ4v) is 3.35. The Labute approximate surface area is 198 Å². The van der Waals surface area contributed by atoms with E-state index < -0.39 is 18.3 Å². The van der Waals surface area contributed by atoms with Crippen LogP contribution in [0.4, 0.5) is 0 Å². The highest BCUT2D eigenvalue weighted by atomic mass is 79.9. The lowest BCUT2D eigenvalue weighted by Gasteiger charge is -2.32. The van der Waals surface area contributed by atoms with E-state index in [1.165, 1.54) is 0 Å². The maximum atomic E-state index is 12.0. The molecule has 1 fully saturated rings. The van der Waals surface area contributed by atoms with Gasteiger partial charge >= 0.3 is 19.1 Å². The van der Waals surface area contributed by atoms with Crippen LogP contribution in [0.15, 0.2) is 53.0 Å². The minimum Gasteiger partial charge on any atom is -0.462 e. The molecule has 0 aromatic heterocycles. The van der Waals surface area contributed by atoms with Crippen LogP contribution in [0.5, 0.6) is 0 Å². The predicted octanol–water partition coefficient (Wildman–Crippen LogP) is 4.79. The van der Waals surface area contributed by atoms with Gasteiger partial charge < -0.3 is 18.8 Å². The summed E-state index contributed by atoms with van der Waals surface area (Å²) in [4.78, 5) is 23.2. The first kappa shape index (κ1) is 26.1. The summed E-state index contributed by atoms with van der Waals surface area (Å²) in [7, 11) is -0.555. The van der Waals surface area contributed by atoms with Gasteiger partial charge in [-0.2, -0.15) is 0 Å². The highest BCUT2D eigenvalue weighted by Crippen LogP contribution is 2.36. The molecule has 0 amide bonds. The van der Waals surface area contributed by atoms with Gasteiger partial charge in [0.05, 0.1) is 35.5 Å². The zero-order valence-corrected chi connectivity index (χ0v) is 21.0. The molecule has 1 aliphatic rings. The normalized spacial score (nSPS) is 16.0. The Morgan fingerprint density at radius 1 is 0.812 bits per heavy atom. The summed E-state index contributed by atoms with van der Waals surface area (Å²) in [6.45, 7) is 12.3. The van der Waals surface area contributed by atoms with Gasteiger partial charge in [-0.1, -0.05) is 30.3 Å². The molecule has 0 saturated carbocycles. The summed E-state index contributed by atoms with van der Waals surface area (Å²) in [5.41, 5.74) is 0.913. The Morgan fingerprint density at radius 3 is 1.75 bits per heavy atom. The van der Waals surface area contributed by atoms with Gasteiger partial charge in [0.15, 0.2) is 0 Å². The van der Waals surface area contributed by atoms with E-state index in [-0.39, 0.29) is 11.9 Å². The van der Waals surface area contributed by atoms with Gasteiger partial charge in [0.1, 0.15) is 0 Å². The van der Waals surface area contributed by atoms with E-state index in [1.54, 1.807) is 38.1 Å². The van der Waals surface area contributed by atoms with Crippen LogP contribution in [-0.2, 0) is 18.8 Å². The van der Waals surface area contributed by atoms with Gasteiger partial charge in [-0.3, -0.25) is 0 Å². The molecule has 32 heavy (non-hydrogen) atoms. The largest absolute Gasteiger partial charge is 0.495 e. The van der Waals surface area contributed by atoms with E-state index in [4.69, 9.17) is 18.8 Å². The molecular weight excluding hydrogens is 475 g/mol. The summed E-state index contributed by atoms with van der Waals surface area (Å²) in [6, 6.07) is 14.4. The van der Waals surface area contributed by atoms with Gasteiger partial charge in [-0.05, 0) is 81.1 Å². The molecule has 0 atom stereocenters. The van der Waals surface area contributed by atoms with Gasteiger partial charge in [0.2, 0.25) is 0 Å². The zero-order chi connectivity index (χ0) is 23.9. The molecular formula is C24H30BBrO6. The molecule has 2 aromatic rings. The van der Waals surface area contributed by atoms with E-state index in [2.05, 4.69) is 15.9 Å². The van der Waals surface area contributed by atoms with E-state index in [1.807, 2.05) is 52.0 Å². The number of esters is 2. The van der Waals surface area contributed by atoms with Gasteiger partial charge in [-0.25, -0.2) is 9.59 Å². The molecule has 8 heteroatoms. The second-order valence-electron chi connectivity index (χ2n) is 8.10. The van der Waals surface area contributed by atoms with E-state index in [0.717, 1.165) is 4.47 Å². The average molecular weight is 505 g/mol. The van der Waals surface area contributed by atoms with Crippen LogP contribution in [0.2, 0.25) is 0 Å². The first-order chi connectivity index (χ1) is 15.0. The third kappa shape index (κ3) is 6.21. The highest BCUT2D eigenvalue weighted by molar-refractivity contribution is 9.10. The number of hydrogen-bond acceptors (Lipinski definition) is 6. The van der Waals surface area contributed by atoms with Crippen molar-refractivity contribution >= 4 is 40.4 Å². The number of carbonyl (C=O) groups excluding carboxylic acids is 2. The minimum absolute atomic E-state index is 0.287. The van der Waals surface area contributed by atoms with E-state index in [0.29, 0.717) is 29.8 Å². The Kier molecular flexibility index (Phi) is 9.07. The first-order valence-electron chi connectivity index (χ1n) is 10.6. The smallest absolute Gasteiger partial charge is 0.462 e. The van der Waals surface area contributed by atoms with Crippen molar-refractivity contribution in [1.82, 2.24) is 0 Å². The predicted molar refractivity (Wildman–Crippen MR) is 128 cm³/mol. The van der Waals surface area contributed by atoms with E-state index in [9.17, 15) is 9.59 Å². The Hall–Kier alpha value is -2.16. The molecule has 0 aliphatic carbocycles. The van der Waals surface area contributed by atoms with Gasteiger partial charge in [0, 0.05) is 4.47 Å². The van der Waals surface area contributed by atoms with Gasteiger partial charge in [0.25, 0.3) is 0 Å². The lowest BCUT2D eigenvalue weighted by Crippen LogP contribution is -2.41. The molecule has 1 aliphatic heterocycles. The van der Waals surface area contributed by atoms with Crippen molar-refractivity contribution in [3.63, 3.8) is 0 Å². The van der Waals surface area contributed by atoms with Crippen LogP contribution in [0, 0.1) is 0 Å². The van der Waals surface area contributed by atoms with Crippen molar-refractivity contribution in [2.45, 2.75) is 52.7 Å². The lowest BCUT2D eigenvalue weighted by molar-refractivity contribution is 0.00578. The van der Waals surface area contributed by atoms with E-state index >= 15 is 0 Å². The van der Waals surface area contributed by atoms with Crippen molar-refractivity contribution in [1.29, 1.82) is 0 Å². The van der Waals surface area contributed by atoms with Crippen LogP contribution in [-0.4, -0.2) is 43.5 Å². The molecule has 3 rings (SSSR count). The molecule has 2 aromatic carbocycles. The number of halogens is 1. The van der Waals surface area contributed by atoms with Crippen LogP contribution < -0.4 is 5.46 Å². The number of carbonyl (C=O) groups is 2. The molecule has 1 heterocycles. The maximum Gasteiger partial charge on any atom is 0.495 e. The Bertz CT molecular complexity index is 928. The SMILES string of the molecule is CCOC(=O)c1ccccc1B1OC(C)(C)C(C)(C)O1.CCOC(=O)c1ccccc1Br. The molecule has 0 unspecified atom stereocenters. The summed E-state index contributed by atoms with van der Waals surface area (Å²) >= 11 is 3.27. The monoisotopic (exact) mass is 504 g/mol.